The zero-order valence-corrected chi connectivity index (χ0v) is 56.1. The van der Waals surface area contributed by atoms with E-state index < -0.39 is 64.8 Å². The highest BCUT2D eigenvalue weighted by atomic mass is 16.6. The fourth-order valence-electron chi connectivity index (χ4n) is 19.4. The van der Waals surface area contributed by atoms with Crippen LogP contribution in [-0.2, 0) is 105 Å². The van der Waals surface area contributed by atoms with Crippen molar-refractivity contribution >= 4 is 65.7 Å². The van der Waals surface area contributed by atoms with Crippen molar-refractivity contribution in [1.29, 1.82) is 0 Å². The molecule has 22 heteroatoms. The average molecular weight is 1290 g/mol. The van der Waals surface area contributed by atoms with Crippen LogP contribution in [0.25, 0.3) is 0 Å². The first-order chi connectivity index (χ1) is 43.3. The maximum absolute atomic E-state index is 12.7. The van der Waals surface area contributed by atoms with Gasteiger partial charge in [-0.05, 0) is 159 Å². The summed E-state index contributed by atoms with van der Waals surface area (Å²) in [6.45, 7) is 26.5. The molecule has 14 rings (SSSR count). The van der Waals surface area contributed by atoms with Crippen LogP contribution >= 0.6 is 0 Å². The van der Waals surface area contributed by atoms with Gasteiger partial charge in [-0.15, -0.1) is 0 Å². The van der Waals surface area contributed by atoms with Crippen LogP contribution in [0, 0.1) is 134 Å². The SMILES string of the molecule is CCC(C)(C)C(=O)OC1C(C)C2CC1C1C3CC(C4COC(=O)C43)C21.CCC(C)(C)C(=O)OCC(=O)OC1C2CC3C(=O)OC1C3C2.CCC(C)(C)C(=O)OCC(=O)OC1C2OC(=O)C3CC1C(C)(C)C32.CCC(C)C(=O)OCC(=O)OC1C2CC3C(=O)OC1C3C2. The number of rotatable bonds is 18. The number of hydrogen-bond acceptors (Lipinski definition) is 22. The lowest BCUT2D eigenvalue weighted by atomic mass is 9.61. The third-order valence-electron chi connectivity index (χ3n) is 25.8. The third-order valence-corrected chi connectivity index (χ3v) is 25.8. The van der Waals surface area contributed by atoms with Crippen LogP contribution in [-0.4, -0.2) is 135 Å². The fraction of sp³-hybridized carbons (Fsp3) is 0.843. The van der Waals surface area contributed by atoms with Crippen molar-refractivity contribution in [2.75, 3.05) is 26.4 Å². The van der Waals surface area contributed by atoms with E-state index in [-0.39, 0.29) is 150 Å². The highest BCUT2D eigenvalue weighted by Gasteiger charge is 2.74. The molecule has 10 saturated carbocycles. The molecule has 26 atom stereocenters. The van der Waals surface area contributed by atoms with Crippen molar-refractivity contribution in [3.05, 3.63) is 0 Å². The number of carbonyl (C=O) groups excluding carboxylic acids is 11. The normalized spacial score (nSPS) is 40.5. The molecule has 0 radical (unpaired) electrons. The lowest BCUT2D eigenvalue weighted by Gasteiger charge is -2.44. The van der Waals surface area contributed by atoms with Crippen LogP contribution in [0.15, 0.2) is 0 Å². The van der Waals surface area contributed by atoms with E-state index in [1.54, 1.807) is 34.6 Å². The number of fused-ring (bicyclic) bond motifs is 15. The second-order valence-corrected chi connectivity index (χ2v) is 32.0. The highest BCUT2D eigenvalue weighted by molar-refractivity contribution is 5.83. The van der Waals surface area contributed by atoms with E-state index in [1.165, 1.54) is 12.8 Å². The van der Waals surface area contributed by atoms with Crippen LogP contribution in [0.4, 0.5) is 0 Å². The third kappa shape index (κ3) is 11.7. The topological polar surface area (TPSA) is 289 Å². The van der Waals surface area contributed by atoms with E-state index in [0.29, 0.717) is 73.7 Å². The number of carbonyl (C=O) groups is 11. The van der Waals surface area contributed by atoms with Crippen molar-refractivity contribution in [3.8, 4) is 0 Å². The van der Waals surface area contributed by atoms with Gasteiger partial charge in [-0.3, -0.25) is 38.4 Å². The molecule has 0 N–H and O–H groups in total. The van der Waals surface area contributed by atoms with Gasteiger partial charge in [0, 0.05) is 41.4 Å². The molecular formula is C70H98O22. The Morgan fingerprint density at radius 2 is 0.946 bits per heavy atom. The Morgan fingerprint density at radius 1 is 0.489 bits per heavy atom. The Labute approximate surface area is 539 Å². The summed E-state index contributed by atoms with van der Waals surface area (Å²) < 4.78 is 59.0. The first-order valence-corrected chi connectivity index (χ1v) is 34.4. The minimum atomic E-state index is -0.622. The predicted molar refractivity (Wildman–Crippen MR) is 319 cm³/mol. The Morgan fingerprint density at radius 3 is 1.46 bits per heavy atom. The lowest BCUT2D eigenvalue weighted by Crippen LogP contribution is -2.47. The molecule has 0 amide bonds. The van der Waals surface area contributed by atoms with E-state index >= 15 is 0 Å². The highest BCUT2D eigenvalue weighted by Crippen LogP contribution is 2.73. The molecule has 0 aromatic carbocycles. The molecule has 0 aromatic heterocycles. The van der Waals surface area contributed by atoms with Gasteiger partial charge >= 0.3 is 65.7 Å². The second-order valence-electron chi connectivity index (χ2n) is 32.0. The van der Waals surface area contributed by atoms with Crippen molar-refractivity contribution in [2.45, 2.75) is 210 Å². The number of hydrogen-bond donors (Lipinski definition) is 0. The monoisotopic (exact) mass is 1290 g/mol. The molecule has 22 nitrogen and oxygen atoms in total. The molecule has 14 aliphatic rings. The van der Waals surface area contributed by atoms with E-state index in [4.69, 9.17) is 52.1 Å². The molecule has 14 fully saturated rings. The molecule has 92 heavy (non-hydrogen) atoms. The van der Waals surface area contributed by atoms with Gasteiger partial charge in [0.25, 0.3) is 0 Å². The molecular weight excluding hydrogens is 1190 g/mol. The molecule has 4 aliphatic heterocycles. The maximum Gasteiger partial charge on any atom is 0.344 e. The van der Waals surface area contributed by atoms with E-state index in [2.05, 4.69) is 20.8 Å². The van der Waals surface area contributed by atoms with E-state index in [0.717, 1.165) is 38.0 Å². The zero-order chi connectivity index (χ0) is 66.7. The maximum atomic E-state index is 12.7. The van der Waals surface area contributed by atoms with Crippen molar-refractivity contribution < 1.29 is 105 Å². The van der Waals surface area contributed by atoms with Gasteiger partial charge < -0.3 is 52.1 Å². The quantitative estimate of drug-likeness (QED) is 0.0715. The largest absolute Gasteiger partial charge is 0.465 e. The van der Waals surface area contributed by atoms with Crippen LogP contribution in [0.1, 0.15) is 168 Å². The van der Waals surface area contributed by atoms with Gasteiger partial charge in [-0.1, -0.05) is 55.4 Å². The van der Waals surface area contributed by atoms with Gasteiger partial charge in [-0.2, -0.15) is 0 Å². The summed E-state index contributed by atoms with van der Waals surface area (Å²) in [5, 5.41) is 0. The lowest BCUT2D eigenvalue weighted by molar-refractivity contribution is -0.173. The summed E-state index contributed by atoms with van der Waals surface area (Å²) in [4.78, 5) is 131. The number of ether oxygens (including phenoxy) is 11. The zero-order valence-electron chi connectivity index (χ0n) is 56.1. The minimum absolute atomic E-state index is 0.00168. The Hall–Kier alpha value is -5.83. The molecule has 10 bridgehead atoms. The molecule has 0 aromatic rings. The Balaban J connectivity index is 0.000000126. The summed E-state index contributed by atoms with van der Waals surface area (Å²) in [6, 6.07) is 0. The Kier molecular flexibility index (Phi) is 18.4. The molecule has 4 saturated heterocycles. The first-order valence-electron chi connectivity index (χ1n) is 34.4. The molecule has 26 unspecified atom stereocenters. The number of cyclic esters (lactones) is 1. The van der Waals surface area contributed by atoms with Gasteiger partial charge in [0.2, 0.25) is 0 Å². The first kappa shape index (κ1) is 67.6. The second kappa shape index (κ2) is 25.1. The van der Waals surface area contributed by atoms with Gasteiger partial charge in [-0.25, -0.2) is 14.4 Å². The summed E-state index contributed by atoms with van der Waals surface area (Å²) in [6.07, 6.45) is 6.99. The van der Waals surface area contributed by atoms with Crippen LogP contribution < -0.4 is 0 Å². The van der Waals surface area contributed by atoms with Crippen LogP contribution in [0.3, 0.4) is 0 Å². The van der Waals surface area contributed by atoms with Crippen LogP contribution in [0.2, 0.25) is 0 Å². The molecule has 10 aliphatic carbocycles. The van der Waals surface area contributed by atoms with Gasteiger partial charge in [0.15, 0.2) is 19.8 Å². The summed E-state index contributed by atoms with van der Waals surface area (Å²) in [5.41, 5.74) is -1.73. The van der Waals surface area contributed by atoms with Crippen molar-refractivity contribution in [3.63, 3.8) is 0 Å². The predicted octanol–water partition coefficient (Wildman–Crippen LogP) is 7.91. The summed E-state index contributed by atoms with van der Waals surface area (Å²) >= 11 is 0. The fourth-order valence-corrected chi connectivity index (χ4v) is 19.4. The molecule has 4 heterocycles. The van der Waals surface area contributed by atoms with E-state index in [9.17, 15) is 52.7 Å². The summed E-state index contributed by atoms with van der Waals surface area (Å²) in [5.74, 6) is 1.98. The van der Waals surface area contributed by atoms with E-state index in [1.807, 2.05) is 41.5 Å². The smallest absolute Gasteiger partial charge is 0.344 e. The minimum Gasteiger partial charge on any atom is -0.465 e. The van der Waals surface area contributed by atoms with Crippen molar-refractivity contribution in [1.82, 2.24) is 0 Å². The molecule has 0 spiro atoms. The average Bonchev–Trinajstić information content (AvgIpc) is 1.53. The molecule has 510 valence electrons. The number of esters is 11. The standard InChI is InChI=1S/C21H30O4.C18H26O6.C16H22O6.C15H20O6/c1-5-21(3,4)20(23)25-18-9(2)10-6-13(18)16-12-7-11(15(10)16)14-8-24-19(22)17(12)14;1-6-17(2,3)16(21)22-8-11(19)23-13-10-7-9-12(18(10,4)5)14(13)24-15(9)20;1-4-16(2,3)15(19)20-7-11(17)21-12-8-5-9-10(6-8)14(18)22-13(9)12;1-3-7(2)14(17)19-6-11(16)20-12-8-4-9-10(5-8)15(18)21-13(9)12/h9-18H,5-8H2,1-4H3;9-10,12-14H,6-8H2,1-5H3;8-10,12-13H,4-7H2,1-3H3;7-10,12-13H,3-6H2,1-2H3. The van der Waals surface area contributed by atoms with Crippen molar-refractivity contribution in [2.24, 2.45) is 134 Å². The van der Waals surface area contributed by atoms with Crippen LogP contribution in [0.5, 0.6) is 0 Å². The Bertz CT molecular complexity index is 2960. The van der Waals surface area contributed by atoms with Gasteiger partial charge in [0.05, 0.1) is 52.4 Å². The van der Waals surface area contributed by atoms with Gasteiger partial charge in [0.1, 0.15) is 42.7 Å². The summed E-state index contributed by atoms with van der Waals surface area (Å²) in [7, 11) is 0.